The summed E-state index contributed by atoms with van der Waals surface area (Å²) in [5.41, 5.74) is 7.01. The summed E-state index contributed by atoms with van der Waals surface area (Å²) >= 11 is 0. The third-order valence-corrected chi connectivity index (χ3v) is 7.50. The van der Waals surface area contributed by atoms with Gasteiger partial charge in [0.1, 0.15) is 12.2 Å². The summed E-state index contributed by atoms with van der Waals surface area (Å²) in [6.07, 6.45) is 4.07. The zero-order valence-electron chi connectivity index (χ0n) is 22.6. The van der Waals surface area contributed by atoms with Crippen LogP contribution in [0.4, 0.5) is 10.1 Å². The van der Waals surface area contributed by atoms with Crippen molar-refractivity contribution in [2.75, 3.05) is 11.4 Å². The number of carbonyl (C=O) groups is 1. The van der Waals surface area contributed by atoms with E-state index in [2.05, 4.69) is 26.3 Å². The summed E-state index contributed by atoms with van der Waals surface area (Å²) in [6, 6.07) is 8.99. The van der Waals surface area contributed by atoms with Gasteiger partial charge in [-0.05, 0) is 70.7 Å². The molecule has 3 N–H and O–H groups in total. The van der Waals surface area contributed by atoms with Crippen LogP contribution in [0.1, 0.15) is 73.1 Å². The molecule has 0 saturated heterocycles. The number of primary amides is 1. The Balaban J connectivity index is 1.54. The fourth-order valence-electron chi connectivity index (χ4n) is 5.22. The Morgan fingerprint density at radius 1 is 1.30 bits per heavy atom. The Kier molecular flexibility index (Phi) is 7.25. The molecular formula is C28H31FN8O3. The highest BCUT2D eigenvalue weighted by Crippen LogP contribution is 2.38. The highest BCUT2D eigenvalue weighted by atomic mass is 19.1. The number of hydrogen-bond acceptors (Lipinski definition) is 9. The molecule has 0 bridgehead atoms. The van der Waals surface area contributed by atoms with Gasteiger partial charge < -0.3 is 20.3 Å². The van der Waals surface area contributed by atoms with Crippen molar-refractivity contribution >= 4 is 17.1 Å². The second-order valence-corrected chi connectivity index (χ2v) is 10.8. The number of nitrogens with two attached hydrogens (primary N) is 1. The normalized spacial score (nSPS) is 18.4. The van der Waals surface area contributed by atoms with Crippen LogP contribution < -0.4 is 10.6 Å². The third-order valence-electron chi connectivity index (χ3n) is 7.50. The summed E-state index contributed by atoms with van der Waals surface area (Å²) in [5, 5.41) is 27.9. The smallest absolute Gasteiger partial charge is 0.252 e. The van der Waals surface area contributed by atoms with Gasteiger partial charge in [-0.3, -0.25) is 9.78 Å². The Labute approximate surface area is 230 Å². The number of nitrogens with zero attached hydrogens (tertiary/aromatic N) is 7. The average molecular weight is 547 g/mol. The van der Waals surface area contributed by atoms with E-state index in [1.54, 1.807) is 23.6 Å². The molecule has 11 nitrogen and oxygen atoms in total. The predicted molar refractivity (Wildman–Crippen MR) is 144 cm³/mol. The molecule has 1 saturated carbocycles. The molecule has 4 aromatic heterocycles. The number of fused-ring (bicyclic) bond motifs is 1. The Morgan fingerprint density at radius 2 is 2.05 bits per heavy atom. The van der Waals surface area contributed by atoms with Crippen LogP contribution in [0.2, 0.25) is 0 Å². The zero-order valence-corrected chi connectivity index (χ0v) is 22.6. The minimum atomic E-state index is -1.61. The fourth-order valence-corrected chi connectivity index (χ4v) is 5.22. The van der Waals surface area contributed by atoms with Crippen molar-refractivity contribution in [3.8, 4) is 17.5 Å². The van der Waals surface area contributed by atoms with Gasteiger partial charge in [0.25, 0.3) is 5.91 Å². The first-order chi connectivity index (χ1) is 19.0. The van der Waals surface area contributed by atoms with E-state index in [0.717, 1.165) is 12.8 Å². The van der Waals surface area contributed by atoms with Gasteiger partial charge in [0.05, 0.1) is 52.1 Å². The average Bonchev–Trinajstić information content (AvgIpc) is 3.56. The highest BCUT2D eigenvalue weighted by Gasteiger charge is 2.36. The van der Waals surface area contributed by atoms with Crippen molar-refractivity contribution in [1.29, 1.82) is 5.26 Å². The van der Waals surface area contributed by atoms with Crippen LogP contribution in [-0.2, 0) is 0 Å². The molecule has 4 heterocycles. The minimum absolute atomic E-state index is 0.0924. The van der Waals surface area contributed by atoms with E-state index in [-0.39, 0.29) is 24.1 Å². The van der Waals surface area contributed by atoms with Gasteiger partial charge in [0.15, 0.2) is 5.82 Å². The molecule has 0 spiro atoms. The number of pyridine rings is 1. The quantitative estimate of drug-likeness (QED) is 0.336. The van der Waals surface area contributed by atoms with Gasteiger partial charge in [0, 0.05) is 18.2 Å². The van der Waals surface area contributed by atoms with E-state index < -0.39 is 17.7 Å². The maximum Gasteiger partial charge on any atom is 0.252 e. The molecule has 40 heavy (non-hydrogen) atoms. The van der Waals surface area contributed by atoms with Crippen LogP contribution in [0.5, 0.6) is 0 Å². The van der Waals surface area contributed by atoms with E-state index in [1.807, 2.05) is 17.0 Å². The molecule has 1 aliphatic rings. The van der Waals surface area contributed by atoms with Gasteiger partial charge in [0.2, 0.25) is 5.89 Å². The molecule has 1 aliphatic carbocycles. The molecule has 0 aliphatic heterocycles. The van der Waals surface area contributed by atoms with Crippen LogP contribution in [0, 0.1) is 18.3 Å². The molecule has 12 heteroatoms. The van der Waals surface area contributed by atoms with Gasteiger partial charge in [-0.15, -0.1) is 0 Å². The van der Waals surface area contributed by atoms with Crippen molar-refractivity contribution in [3.63, 3.8) is 0 Å². The first-order valence-electron chi connectivity index (χ1n) is 13.2. The number of rotatable bonds is 8. The lowest BCUT2D eigenvalue weighted by atomic mass is 9.84. The summed E-state index contributed by atoms with van der Waals surface area (Å²) in [6.45, 7) is 4.47. The number of nitriles is 1. The van der Waals surface area contributed by atoms with Gasteiger partial charge in [-0.2, -0.15) is 15.3 Å². The molecule has 5 rings (SSSR count). The van der Waals surface area contributed by atoms with Gasteiger partial charge in [-0.1, -0.05) is 5.16 Å². The summed E-state index contributed by atoms with van der Waals surface area (Å²) < 4.78 is 22.5. The molecule has 0 radical (unpaired) electrons. The maximum atomic E-state index is 15.4. The van der Waals surface area contributed by atoms with Crippen molar-refractivity contribution in [2.24, 2.45) is 5.73 Å². The van der Waals surface area contributed by atoms with Gasteiger partial charge >= 0.3 is 0 Å². The number of halogens is 1. The molecule has 1 amide bonds. The molecule has 0 unspecified atom stereocenters. The Morgan fingerprint density at radius 3 is 2.67 bits per heavy atom. The monoisotopic (exact) mass is 546 g/mol. The molecule has 208 valence electrons. The number of amides is 1. The summed E-state index contributed by atoms with van der Waals surface area (Å²) in [4.78, 5) is 23.2. The number of alkyl halides is 1. The van der Waals surface area contributed by atoms with Gasteiger partial charge in [-0.25, -0.2) is 8.91 Å². The zero-order chi connectivity index (χ0) is 28.6. The maximum absolute atomic E-state index is 15.4. The summed E-state index contributed by atoms with van der Waals surface area (Å²) in [5.74, 6) is 0.578. The minimum Gasteiger partial charge on any atom is -0.387 e. The van der Waals surface area contributed by atoms with E-state index in [4.69, 9.17) is 10.3 Å². The standard InChI is InChI=1S/C28H31FN8O3/c1-16-34-27(40-35-16)18-4-6-19(7-5-18)36(15-25(29)28(2,3)39)24-11-22(32-14-21(24)26(31)38)23-9-8-20-10-17(12-30)13-33-37(20)23/h8-11,13-14,18-19,25,39H,4-7,15H2,1-3H3,(H2,31,38)/t18?,19?,25-/m1/s1. The van der Waals surface area contributed by atoms with Crippen LogP contribution in [0.25, 0.3) is 16.9 Å². The molecule has 4 aromatic rings. The molecule has 1 fully saturated rings. The lowest BCUT2D eigenvalue weighted by Crippen LogP contribution is -2.48. The largest absolute Gasteiger partial charge is 0.387 e. The number of aromatic nitrogens is 5. The van der Waals surface area contributed by atoms with Crippen molar-refractivity contribution in [2.45, 2.75) is 70.2 Å². The van der Waals surface area contributed by atoms with Crippen molar-refractivity contribution < 1.29 is 18.8 Å². The van der Waals surface area contributed by atoms with E-state index in [1.165, 1.54) is 26.2 Å². The number of aliphatic hydroxyl groups is 1. The van der Waals surface area contributed by atoms with Crippen LogP contribution >= 0.6 is 0 Å². The van der Waals surface area contributed by atoms with E-state index >= 15 is 4.39 Å². The second kappa shape index (κ2) is 10.7. The van der Waals surface area contributed by atoms with E-state index in [9.17, 15) is 15.2 Å². The van der Waals surface area contributed by atoms with Crippen molar-refractivity contribution in [3.05, 3.63) is 59.5 Å². The number of aryl methyl sites for hydroxylation is 1. The van der Waals surface area contributed by atoms with Crippen molar-refractivity contribution in [1.82, 2.24) is 24.7 Å². The van der Waals surface area contributed by atoms with E-state index in [0.29, 0.717) is 52.7 Å². The van der Waals surface area contributed by atoms with Crippen LogP contribution in [0.3, 0.4) is 0 Å². The first-order valence-corrected chi connectivity index (χ1v) is 13.2. The molecule has 0 aromatic carbocycles. The Hall–Kier alpha value is -4.37. The third kappa shape index (κ3) is 5.37. The van der Waals surface area contributed by atoms with Crippen LogP contribution in [0.15, 0.2) is 41.2 Å². The molecular weight excluding hydrogens is 515 g/mol. The topological polar surface area (TPSA) is 159 Å². The molecule has 1 atom stereocenters. The SMILES string of the molecule is Cc1noc(C2CCC(N(C[C@@H](F)C(C)(C)O)c3cc(-c4ccc5cc(C#N)cnn45)ncc3C(N)=O)CC2)n1. The number of hydrogen-bond donors (Lipinski definition) is 2. The summed E-state index contributed by atoms with van der Waals surface area (Å²) in [7, 11) is 0. The first kappa shape index (κ1) is 27.2. The predicted octanol–water partition coefficient (Wildman–Crippen LogP) is 3.70. The number of carbonyl (C=O) groups excluding carboxylic acids is 1. The second-order valence-electron chi connectivity index (χ2n) is 10.8. The lowest BCUT2D eigenvalue weighted by Gasteiger charge is -2.40. The lowest BCUT2D eigenvalue weighted by molar-refractivity contribution is -0.000459. The van der Waals surface area contributed by atoms with Crippen LogP contribution in [-0.4, -0.2) is 60.1 Å². The highest BCUT2D eigenvalue weighted by molar-refractivity contribution is 5.99. The fraction of sp³-hybridized carbons (Fsp3) is 0.429. The number of anilines is 1. The Bertz CT molecular complexity index is 1580.